The number of ether oxygens (including phenoxy) is 1. The van der Waals surface area contributed by atoms with Gasteiger partial charge in [-0.25, -0.2) is 4.98 Å². The molecule has 0 spiro atoms. The highest BCUT2D eigenvalue weighted by molar-refractivity contribution is 7.22. The average molecular weight is 499 g/mol. The smallest absolute Gasteiger partial charge is 0.301 e. The molecule has 182 valence electrons. The zero-order chi connectivity index (χ0) is 25.6. The van der Waals surface area contributed by atoms with Crippen LogP contribution in [-0.2, 0) is 15.0 Å². The monoisotopic (exact) mass is 498 g/mol. The molecule has 2 heterocycles. The molecule has 0 bridgehead atoms. The van der Waals surface area contributed by atoms with E-state index >= 15 is 0 Å². The molecule has 6 nitrogen and oxygen atoms in total. The van der Waals surface area contributed by atoms with Crippen molar-refractivity contribution in [3.8, 4) is 5.75 Å². The molecule has 5 rings (SSSR count). The van der Waals surface area contributed by atoms with Crippen LogP contribution < -0.4 is 9.64 Å². The quantitative estimate of drug-likeness (QED) is 0.205. The molecular weight excluding hydrogens is 472 g/mol. The third-order valence-corrected chi connectivity index (χ3v) is 7.42. The fourth-order valence-corrected chi connectivity index (χ4v) is 5.45. The Balaban J connectivity index is 1.74. The van der Waals surface area contributed by atoms with Crippen molar-refractivity contribution in [3.63, 3.8) is 0 Å². The Morgan fingerprint density at radius 1 is 0.972 bits per heavy atom. The van der Waals surface area contributed by atoms with Crippen molar-refractivity contribution in [2.75, 3.05) is 12.0 Å². The molecule has 0 radical (unpaired) electrons. The second-order valence-corrected chi connectivity index (χ2v) is 10.7. The van der Waals surface area contributed by atoms with Crippen LogP contribution in [0.25, 0.3) is 16.0 Å². The number of thiazole rings is 1. The Bertz CT molecular complexity index is 1480. The second-order valence-electron chi connectivity index (χ2n) is 9.71. The minimum atomic E-state index is -0.843. The Hall–Kier alpha value is -3.97. The van der Waals surface area contributed by atoms with Crippen LogP contribution in [0, 0.1) is 0 Å². The molecule has 1 atom stereocenters. The van der Waals surface area contributed by atoms with E-state index in [1.807, 2.05) is 48.5 Å². The summed E-state index contributed by atoms with van der Waals surface area (Å²) in [6.45, 7) is 6.37. The van der Waals surface area contributed by atoms with E-state index in [0.29, 0.717) is 22.0 Å². The minimum Gasteiger partial charge on any atom is -0.507 e. The number of Topliss-reactive ketones (excluding diaryl/α,β-unsaturated/α-hetero) is 1. The lowest BCUT2D eigenvalue weighted by Crippen LogP contribution is -2.29. The number of fused-ring (bicyclic) bond motifs is 1. The summed E-state index contributed by atoms with van der Waals surface area (Å²) < 4.78 is 6.32. The molecular formula is C29H26N2O4S. The lowest BCUT2D eigenvalue weighted by molar-refractivity contribution is -0.132. The third kappa shape index (κ3) is 3.95. The summed E-state index contributed by atoms with van der Waals surface area (Å²) in [4.78, 5) is 33.0. The third-order valence-electron chi connectivity index (χ3n) is 6.39. The number of amides is 1. The van der Waals surface area contributed by atoms with Crippen LogP contribution in [-0.4, -0.2) is 28.9 Å². The van der Waals surface area contributed by atoms with Crippen molar-refractivity contribution in [3.05, 3.63) is 95.1 Å². The number of ketones is 1. The van der Waals surface area contributed by atoms with Crippen molar-refractivity contribution < 1.29 is 19.4 Å². The number of rotatable bonds is 4. The molecule has 3 aromatic carbocycles. The Morgan fingerprint density at radius 3 is 2.31 bits per heavy atom. The van der Waals surface area contributed by atoms with Crippen LogP contribution in [0.5, 0.6) is 5.75 Å². The van der Waals surface area contributed by atoms with Crippen molar-refractivity contribution in [1.82, 2.24) is 4.98 Å². The van der Waals surface area contributed by atoms with Crippen LogP contribution in [0.15, 0.2) is 78.4 Å². The highest BCUT2D eigenvalue weighted by Gasteiger charge is 2.48. The highest BCUT2D eigenvalue weighted by Crippen LogP contribution is 2.45. The lowest BCUT2D eigenvalue weighted by Gasteiger charge is -2.25. The summed E-state index contributed by atoms with van der Waals surface area (Å²) in [6.07, 6.45) is 0. The predicted octanol–water partition coefficient (Wildman–Crippen LogP) is 6.23. The number of carbonyl (C=O) groups excluding carboxylic acids is 2. The van der Waals surface area contributed by atoms with Gasteiger partial charge in [-0.2, -0.15) is 0 Å². The maximum atomic E-state index is 13.5. The van der Waals surface area contributed by atoms with Gasteiger partial charge in [0.25, 0.3) is 5.78 Å². The van der Waals surface area contributed by atoms with Crippen LogP contribution in [0.4, 0.5) is 5.13 Å². The Morgan fingerprint density at radius 2 is 1.64 bits per heavy atom. The molecule has 1 amide bonds. The van der Waals surface area contributed by atoms with Gasteiger partial charge in [0.15, 0.2) is 5.13 Å². The molecule has 1 fully saturated rings. The van der Waals surface area contributed by atoms with Gasteiger partial charge in [-0.05, 0) is 40.8 Å². The fraction of sp³-hybridized carbons (Fsp3) is 0.207. The SMILES string of the molecule is COc1ccccc1/C(O)=C1\C(=O)C(=O)N(c2nc3ccccc3s2)C1c1ccc(C(C)(C)C)cc1. The first-order chi connectivity index (χ1) is 17.2. The Kier molecular flexibility index (Phi) is 5.88. The van der Waals surface area contributed by atoms with Gasteiger partial charge in [-0.3, -0.25) is 14.5 Å². The van der Waals surface area contributed by atoms with Crippen molar-refractivity contribution in [2.45, 2.75) is 32.2 Å². The number of para-hydroxylation sites is 2. The maximum Gasteiger partial charge on any atom is 0.301 e. The van der Waals surface area contributed by atoms with Gasteiger partial charge in [0.1, 0.15) is 11.5 Å². The van der Waals surface area contributed by atoms with Gasteiger partial charge in [0.2, 0.25) is 0 Å². The second kappa shape index (κ2) is 8.91. The van der Waals surface area contributed by atoms with Gasteiger partial charge in [0.05, 0.1) is 34.5 Å². The number of aliphatic hydroxyl groups is 1. The van der Waals surface area contributed by atoms with Gasteiger partial charge in [0, 0.05) is 0 Å². The summed E-state index contributed by atoms with van der Waals surface area (Å²) >= 11 is 1.34. The number of aliphatic hydroxyl groups excluding tert-OH is 1. The summed E-state index contributed by atoms with van der Waals surface area (Å²) in [5.41, 5.74) is 2.85. The molecule has 7 heteroatoms. The van der Waals surface area contributed by atoms with E-state index in [-0.39, 0.29) is 16.7 Å². The molecule has 1 aromatic heterocycles. The molecule has 1 unspecified atom stereocenters. The highest BCUT2D eigenvalue weighted by atomic mass is 32.1. The first-order valence-corrected chi connectivity index (χ1v) is 12.4. The topological polar surface area (TPSA) is 79.7 Å². The zero-order valence-electron chi connectivity index (χ0n) is 20.5. The molecule has 1 aliphatic heterocycles. The minimum absolute atomic E-state index is 0.00673. The van der Waals surface area contributed by atoms with Crippen LogP contribution in [0.1, 0.15) is 43.5 Å². The van der Waals surface area contributed by atoms with E-state index in [1.165, 1.54) is 23.3 Å². The van der Waals surface area contributed by atoms with E-state index in [0.717, 1.165) is 15.8 Å². The van der Waals surface area contributed by atoms with E-state index < -0.39 is 17.7 Å². The van der Waals surface area contributed by atoms with E-state index in [9.17, 15) is 14.7 Å². The van der Waals surface area contributed by atoms with Crippen LogP contribution in [0.2, 0.25) is 0 Å². The van der Waals surface area contributed by atoms with Gasteiger partial charge >= 0.3 is 5.91 Å². The molecule has 1 aliphatic rings. The van der Waals surface area contributed by atoms with E-state index in [2.05, 4.69) is 25.8 Å². The fourth-order valence-electron chi connectivity index (χ4n) is 4.46. The summed E-state index contributed by atoms with van der Waals surface area (Å²) in [7, 11) is 1.49. The van der Waals surface area contributed by atoms with E-state index in [1.54, 1.807) is 24.3 Å². The summed E-state index contributed by atoms with van der Waals surface area (Å²) in [6, 6.07) is 21.4. The predicted molar refractivity (Wildman–Crippen MR) is 143 cm³/mol. The largest absolute Gasteiger partial charge is 0.507 e. The number of hydrogen-bond acceptors (Lipinski definition) is 6. The van der Waals surface area contributed by atoms with Crippen molar-refractivity contribution >= 4 is 44.1 Å². The number of hydrogen-bond donors (Lipinski definition) is 1. The molecule has 1 N–H and O–H groups in total. The van der Waals surface area contributed by atoms with Gasteiger partial charge in [-0.15, -0.1) is 0 Å². The summed E-state index contributed by atoms with van der Waals surface area (Å²) in [5.74, 6) is -1.36. The van der Waals surface area contributed by atoms with Crippen LogP contribution in [0.3, 0.4) is 0 Å². The molecule has 0 aliphatic carbocycles. The Labute approximate surface area is 213 Å². The average Bonchev–Trinajstić information content (AvgIpc) is 3.41. The molecule has 0 saturated carbocycles. The van der Waals surface area contributed by atoms with Crippen molar-refractivity contribution in [1.29, 1.82) is 0 Å². The first-order valence-electron chi connectivity index (χ1n) is 11.6. The summed E-state index contributed by atoms with van der Waals surface area (Å²) in [5, 5.41) is 11.8. The number of anilines is 1. The maximum absolute atomic E-state index is 13.5. The standard InChI is InChI=1S/C29H26N2O4S/c1-29(2,3)18-15-13-17(14-16-18)24-23(25(32)19-9-5-7-11-21(19)35-4)26(33)27(34)31(24)28-30-20-10-6-8-12-22(20)36-28/h5-16,24,32H,1-4H3/b25-23+. The lowest BCUT2D eigenvalue weighted by atomic mass is 9.85. The van der Waals surface area contributed by atoms with Crippen LogP contribution >= 0.6 is 11.3 Å². The molecule has 1 saturated heterocycles. The van der Waals surface area contributed by atoms with E-state index in [4.69, 9.17) is 4.74 Å². The first kappa shape index (κ1) is 23.8. The van der Waals surface area contributed by atoms with Crippen molar-refractivity contribution in [2.24, 2.45) is 0 Å². The molecule has 4 aromatic rings. The van der Waals surface area contributed by atoms with Gasteiger partial charge < -0.3 is 9.84 Å². The molecule has 36 heavy (non-hydrogen) atoms. The van der Waals surface area contributed by atoms with Gasteiger partial charge in [-0.1, -0.05) is 80.6 Å². The zero-order valence-corrected chi connectivity index (χ0v) is 21.3. The number of nitrogens with zero attached hydrogens (tertiary/aromatic N) is 2. The normalized spacial score (nSPS) is 17.7. The number of methoxy groups -OCH3 is 1. The number of carbonyl (C=O) groups is 2. The number of benzene rings is 3. The number of aromatic nitrogens is 1.